The molecule has 2 N–H and O–H groups in total. The van der Waals surface area contributed by atoms with Gasteiger partial charge >= 0.3 is 6.03 Å². The van der Waals surface area contributed by atoms with Crippen LogP contribution in [0.1, 0.15) is 11.5 Å². The van der Waals surface area contributed by atoms with Crippen molar-refractivity contribution >= 4 is 29.0 Å². The molecule has 0 saturated heterocycles. The normalized spacial score (nSPS) is 10.5. The Kier molecular flexibility index (Phi) is 5.49. The van der Waals surface area contributed by atoms with Crippen molar-refractivity contribution in [1.29, 1.82) is 0 Å². The summed E-state index contributed by atoms with van der Waals surface area (Å²) >= 11 is 6.09. The lowest BCUT2D eigenvalue weighted by Gasteiger charge is -2.11. The zero-order valence-electron chi connectivity index (χ0n) is 15.2. The van der Waals surface area contributed by atoms with Crippen molar-refractivity contribution < 1.29 is 9.32 Å². The van der Waals surface area contributed by atoms with Gasteiger partial charge in [-0.15, -0.1) is 0 Å². The molecular weight excluding hydrogens is 390 g/mol. The van der Waals surface area contributed by atoms with E-state index in [2.05, 4.69) is 25.8 Å². The summed E-state index contributed by atoms with van der Waals surface area (Å²) < 4.78 is 5.36. The topological polar surface area (TPSA) is 92.9 Å². The van der Waals surface area contributed by atoms with Crippen molar-refractivity contribution in [3.05, 3.63) is 89.5 Å². The monoisotopic (exact) mass is 405 g/mol. The predicted octanol–water partition coefficient (Wildman–Crippen LogP) is 5.02. The molecule has 0 bridgehead atoms. The molecule has 0 spiro atoms. The minimum absolute atomic E-state index is 0.371. The predicted molar refractivity (Wildman–Crippen MR) is 111 cm³/mol. The summed E-state index contributed by atoms with van der Waals surface area (Å²) in [5.41, 5.74) is 2.77. The molecule has 8 heteroatoms. The first-order valence-corrected chi connectivity index (χ1v) is 9.20. The van der Waals surface area contributed by atoms with Crippen molar-refractivity contribution in [2.75, 3.05) is 10.6 Å². The number of para-hydroxylation sites is 2. The lowest BCUT2D eigenvalue weighted by atomic mass is 10.1. The van der Waals surface area contributed by atoms with E-state index in [-0.39, 0.29) is 0 Å². The third-order valence-corrected chi connectivity index (χ3v) is 4.45. The molecule has 0 fully saturated rings. The number of anilines is 2. The molecule has 0 saturated carbocycles. The Morgan fingerprint density at radius 2 is 1.72 bits per heavy atom. The van der Waals surface area contributed by atoms with Crippen LogP contribution in [0, 0.1) is 0 Å². The van der Waals surface area contributed by atoms with Gasteiger partial charge in [-0.3, -0.25) is 4.98 Å². The van der Waals surface area contributed by atoms with Crippen molar-refractivity contribution in [3.63, 3.8) is 0 Å². The summed E-state index contributed by atoms with van der Waals surface area (Å²) in [5.74, 6) is 0.902. The van der Waals surface area contributed by atoms with Gasteiger partial charge in [0.05, 0.1) is 17.1 Å². The largest absolute Gasteiger partial charge is 0.339 e. The van der Waals surface area contributed by atoms with Gasteiger partial charge in [-0.25, -0.2) is 4.79 Å². The summed E-state index contributed by atoms with van der Waals surface area (Å²) in [6.07, 6.45) is 3.72. The maximum absolute atomic E-state index is 12.4. The maximum atomic E-state index is 12.4. The SMILES string of the molecule is O=C(Nc1ccccc1Cl)Nc1ccccc1Cc1nc(-c2cccnc2)no1. The molecule has 0 aliphatic rings. The van der Waals surface area contributed by atoms with Crippen LogP contribution in [0.5, 0.6) is 0 Å². The number of hydrogen-bond donors (Lipinski definition) is 2. The average molecular weight is 406 g/mol. The Morgan fingerprint density at radius 1 is 0.966 bits per heavy atom. The number of carbonyl (C=O) groups excluding carboxylic acids is 1. The first-order chi connectivity index (χ1) is 14.2. The molecule has 0 unspecified atom stereocenters. The summed E-state index contributed by atoms with van der Waals surface area (Å²) in [5, 5.41) is 10.0. The van der Waals surface area contributed by atoms with Crippen LogP contribution in [0.2, 0.25) is 5.02 Å². The van der Waals surface area contributed by atoms with E-state index >= 15 is 0 Å². The number of halogens is 1. The quantitative estimate of drug-likeness (QED) is 0.486. The highest BCUT2D eigenvalue weighted by atomic mass is 35.5. The second kappa shape index (κ2) is 8.53. The van der Waals surface area contributed by atoms with E-state index in [4.69, 9.17) is 16.1 Å². The Morgan fingerprint density at radius 3 is 2.52 bits per heavy atom. The summed E-state index contributed by atoms with van der Waals surface area (Å²) in [4.78, 5) is 20.9. The number of rotatable bonds is 5. The van der Waals surface area contributed by atoms with Gasteiger partial charge in [-0.2, -0.15) is 4.98 Å². The molecule has 0 aliphatic carbocycles. The molecule has 29 heavy (non-hydrogen) atoms. The number of carbonyl (C=O) groups is 1. The van der Waals surface area contributed by atoms with Crippen molar-refractivity contribution in [2.45, 2.75) is 6.42 Å². The van der Waals surface area contributed by atoms with Crippen LogP contribution in [0.4, 0.5) is 16.2 Å². The van der Waals surface area contributed by atoms with Gasteiger partial charge in [0.25, 0.3) is 0 Å². The van der Waals surface area contributed by atoms with Gasteiger partial charge in [-0.1, -0.05) is 47.1 Å². The van der Waals surface area contributed by atoms with E-state index < -0.39 is 6.03 Å². The van der Waals surface area contributed by atoms with Gasteiger partial charge in [0.15, 0.2) is 0 Å². The van der Waals surface area contributed by atoms with E-state index in [1.807, 2.05) is 30.3 Å². The third kappa shape index (κ3) is 4.59. The van der Waals surface area contributed by atoms with Gasteiger partial charge < -0.3 is 15.2 Å². The smallest absolute Gasteiger partial charge is 0.323 e. The Bertz CT molecular complexity index is 1130. The number of aromatic nitrogens is 3. The number of urea groups is 1. The standard InChI is InChI=1S/C21H16ClN5O2/c22-16-8-2-4-10-18(16)25-21(28)24-17-9-3-1-6-14(17)12-19-26-20(27-29-19)15-7-5-11-23-13-15/h1-11,13H,12H2,(H2,24,25,28). The van der Waals surface area contributed by atoms with E-state index in [9.17, 15) is 4.79 Å². The average Bonchev–Trinajstić information content (AvgIpc) is 3.20. The van der Waals surface area contributed by atoms with Crippen LogP contribution in [-0.4, -0.2) is 21.2 Å². The molecule has 144 valence electrons. The van der Waals surface area contributed by atoms with E-state index in [1.165, 1.54) is 0 Å². The molecule has 2 aromatic heterocycles. The fourth-order valence-electron chi connectivity index (χ4n) is 2.74. The molecule has 0 atom stereocenters. The van der Waals surface area contributed by atoms with Crippen LogP contribution in [0.3, 0.4) is 0 Å². The minimum Gasteiger partial charge on any atom is -0.339 e. The molecule has 0 radical (unpaired) electrons. The third-order valence-electron chi connectivity index (χ3n) is 4.12. The zero-order chi connectivity index (χ0) is 20.1. The molecule has 2 amide bonds. The van der Waals surface area contributed by atoms with E-state index in [0.29, 0.717) is 34.5 Å². The Labute approximate surface area is 171 Å². The second-order valence-corrected chi connectivity index (χ2v) is 6.55. The highest BCUT2D eigenvalue weighted by Gasteiger charge is 2.13. The van der Waals surface area contributed by atoms with Crippen LogP contribution in [-0.2, 0) is 6.42 Å². The van der Waals surface area contributed by atoms with E-state index in [0.717, 1.165) is 11.1 Å². The van der Waals surface area contributed by atoms with E-state index in [1.54, 1.807) is 42.7 Å². The summed E-state index contributed by atoms with van der Waals surface area (Å²) in [6.45, 7) is 0. The molecule has 7 nitrogen and oxygen atoms in total. The van der Waals surface area contributed by atoms with Gasteiger partial charge in [0.1, 0.15) is 0 Å². The Balaban J connectivity index is 1.48. The fraction of sp³-hybridized carbons (Fsp3) is 0.0476. The van der Waals surface area contributed by atoms with Crippen LogP contribution in [0.15, 0.2) is 77.6 Å². The molecule has 4 rings (SSSR count). The van der Waals surface area contributed by atoms with Crippen LogP contribution < -0.4 is 10.6 Å². The summed E-state index contributed by atoms with van der Waals surface area (Å²) in [7, 11) is 0. The van der Waals surface area contributed by atoms with Crippen molar-refractivity contribution in [2.24, 2.45) is 0 Å². The van der Waals surface area contributed by atoms with Gasteiger partial charge in [0, 0.05) is 23.6 Å². The minimum atomic E-state index is -0.396. The molecular formula is C21H16ClN5O2. The Hall–Kier alpha value is -3.71. The zero-order valence-corrected chi connectivity index (χ0v) is 15.9. The van der Waals surface area contributed by atoms with Crippen LogP contribution in [0.25, 0.3) is 11.4 Å². The van der Waals surface area contributed by atoms with Gasteiger partial charge in [0.2, 0.25) is 11.7 Å². The highest BCUT2D eigenvalue weighted by Crippen LogP contribution is 2.23. The fourth-order valence-corrected chi connectivity index (χ4v) is 2.92. The lowest BCUT2D eigenvalue weighted by Crippen LogP contribution is -2.20. The number of amides is 2. The number of pyridine rings is 1. The molecule has 0 aliphatic heterocycles. The summed E-state index contributed by atoms with van der Waals surface area (Å²) in [6, 6.07) is 17.7. The number of hydrogen-bond acceptors (Lipinski definition) is 5. The first-order valence-electron chi connectivity index (χ1n) is 8.82. The van der Waals surface area contributed by atoms with Crippen LogP contribution >= 0.6 is 11.6 Å². The first kappa shape index (κ1) is 18.6. The molecule has 2 heterocycles. The second-order valence-electron chi connectivity index (χ2n) is 6.15. The van der Waals surface area contributed by atoms with Crippen molar-refractivity contribution in [3.8, 4) is 11.4 Å². The van der Waals surface area contributed by atoms with Crippen molar-refractivity contribution in [1.82, 2.24) is 15.1 Å². The molecule has 2 aromatic carbocycles. The number of nitrogens with zero attached hydrogens (tertiary/aromatic N) is 3. The van der Waals surface area contributed by atoms with Gasteiger partial charge in [-0.05, 0) is 35.9 Å². The maximum Gasteiger partial charge on any atom is 0.323 e. The lowest BCUT2D eigenvalue weighted by molar-refractivity contribution is 0.262. The number of nitrogens with one attached hydrogen (secondary N) is 2. The highest BCUT2D eigenvalue weighted by molar-refractivity contribution is 6.33. The molecule has 4 aromatic rings. The number of benzene rings is 2.